The first kappa shape index (κ1) is 17.7. The third-order valence-corrected chi connectivity index (χ3v) is 4.15. The van der Waals surface area contributed by atoms with Gasteiger partial charge in [-0.3, -0.25) is 9.69 Å². The van der Waals surface area contributed by atoms with E-state index in [4.69, 9.17) is 0 Å². The van der Waals surface area contributed by atoms with Gasteiger partial charge in [-0.05, 0) is 44.1 Å². The largest absolute Gasteiger partial charge is 0.416 e. The summed E-state index contributed by atoms with van der Waals surface area (Å²) < 4.78 is 51.7. The van der Waals surface area contributed by atoms with Gasteiger partial charge in [-0.25, -0.2) is 4.39 Å². The third-order valence-electron chi connectivity index (χ3n) is 4.15. The molecule has 3 nitrogen and oxygen atoms in total. The maximum Gasteiger partial charge on any atom is 0.416 e. The predicted octanol–water partition coefficient (Wildman–Crippen LogP) is 3.34. The lowest BCUT2D eigenvalue weighted by Gasteiger charge is -2.33. The van der Waals surface area contributed by atoms with E-state index in [9.17, 15) is 22.4 Å². The highest BCUT2D eigenvalue weighted by Gasteiger charge is 2.31. The predicted molar refractivity (Wildman–Crippen MR) is 78.1 cm³/mol. The Morgan fingerprint density at radius 3 is 2.74 bits per heavy atom. The number of hydrogen-bond donors (Lipinski definition) is 1. The minimum Gasteiger partial charge on any atom is -0.351 e. The summed E-state index contributed by atoms with van der Waals surface area (Å²) in [5.41, 5.74) is -1.08. The third kappa shape index (κ3) is 4.43. The average molecular weight is 332 g/mol. The van der Waals surface area contributed by atoms with Crippen molar-refractivity contribution in [3.8, 4) is 0 Å². The van der Waals surface area contributed by atoms with Crippen molar-refractivity contribution in [3.05, 3.63) is 35.1 Å². The zero-order chi connectivity index (χ0) is 17.0. The van der Waals surface area contributed by atoms with Crippen LogP contribution in [-0.2, 0) is 17.5 Å². The van der Waals surface area contributed by atoms with E-state index in [2.05, 4.69) is 5.32 Å². The van der Waals surface area contributed by atoms with Crippen LogP contribution >= 0.6 is 0 Å². The molecule has 128 valence electrons. The van der Waals surface area contributed by atoms with Crippen LogP contribution in [0.5, 0.6) is 0 Å². The number of amides is 1. The summed E-state index contributed by atoms with van der Waals surface area (Å²) in [5, 5.41) is 2.56. The van der Waals surface area contributed by atoms with Gasteiger partial charge in [-0.15, -0.1) is 0 Å². The fourth-order valence-electron chi connectivity index (χ4n) is 2.85. The van der Waals surface area contributed by atoms with E-state index in [0.29, 0.717) is 12.5 Å². The van der Waals surface area contributed by atoms with Gasteiger partial charge in [-0.2, -0.15) is 13.2 Å². The molecule has 1 aromatic rings. The van der Waals surface area contributed by atoms with Crippen LogP contribution in [0.3, 0.4) is 0 Å². The molecule has 1 fully saturated rings. The van der Waals surface area contributed by atoms with Crippen molar-refractivity contribution in [2.45, 2.75) is 44.9 Å². The maximum absolute atomic E-state index is 13.7. The van der Waals surface area contributed by atoms with Crippen molar-refractivity contribution in [1.29, 1.82) is 0 Å². The molecule has 0 unspecified atom stereocenters. The van der Waals surface area contributed by atoms with Gasteiger partial charge in [0, 0.05) is 12.1 Å². The number of carbonyl (C=O) groups excluding carboxylic acids is 1. The molecular formula is C16H20F4N2O. The van der Waals surface area contributed by atoms with Crippen LogP contribution in [0.25, 0.3) is 0 Å². The van der Waals surface area contributed by atoms with E-state index >= 15 is 0 Å². The van der Waals surface area contributed by atoms with Crippen LogP contribution in [0.2, 0.25) is 0 Å². The quantitative estimate of drug-likeness (QED) is 0.858. The smallest absolute Gasteiger partial charge is 0.351 e. The number of benzene rings is 1. The maximum atomic E-state index is 13.7. The zero-order valence-electron chi connectivity index (χ0n) is 12.9. The molecule has 1 heterocycles. The van der Waals surface area contributed by atoms with Gasteiger partial charge in [0.05, 0.1) is 11.6 Å². The van der Waals surface area contributed by atoms with Gasteiger partial charge < -0.3 is 5.32 Å². The molecule has 1 amide bonds. The fourth-order valence-corrected chi connectivity index (χ4v) is 2.85. The van der Waals surface area contributed by atoms with Crippen LogP contribution in [0.15, 0.2) is 18.2 Å². The summed E-state index contributed by atoms with van der Waals surface area (Å²) in [4.78, 5) is 14.3. The highest BCUT2D eigenvalue weighted by atomic mass is 19.4. The lowest BCUT2D eigenvalue weighted by molar-refractivity contribution is -0.137. The molecule has 0 aliphatic carbocycles. The number of alkyl halides is 3. The molecule has 1 aliphatic heterocycles. The monoisotopic (exact) mass is 332 g/mol. The Kier molecular flexibility index (Phi) is 5.62. The standard InChI is InChI=1S/C16H20F4N2O/c1-2-22-8-4-3-5-14(22)15(23)21-10-11-9-12(16(18,19)20)6-7-13(11)17/h6-7,9,14H,2-5,8,10H2,1H3,(H,21,23)/t14-/m0/s1. The number of rotatable bonds is 4. The molecular weight excluding hydrogens is 312 g/mol. The molecule has 1 saturated heterocycles. The number of halogens is 4. The second-order valence-corrected chi connectivity index (χ2v) is 5.66. The summed E-state index contributed by atoms with van der Waals surface area (Å²) in [6.45, 7) is 3.27. The Morgan fingerprint density at radius 2 is 2.09 bits per heavy atom. The number of likely N-dealkylation sites (tertiary alicyclic amines) is 1. The first-order chi connectivity index (χ1) is 10.8. The molecule has 0 saturated carbocycles. The van der Waals surface area contributed by atoms with Crippen molar-refractivity contribution < 1.29 is 22.4 Å². The number of carbonyl (C=O) groups is 1. The first-order valence-corrected chi connectivity index (χ1v) is 7.70. The van der Waals surface area contributed by atoms with E-state index in [1.165, 1.54) is 0 Å². The molecule has 0 radical (unpaired) electrons. The van der Waals surface area contributed by atoms with Gasteiger partial charge in [0.2, 0.25) is 5.91 Å². The topological polar surface area (TPSA) is 32.3 Å². The molecule has 0 spiro atoms. The van der Waals surface area contributed by atoms with E-state index in [-0.39, 0.29) is 24.1 Å². The van der Waals surface area contributed by atoms with Gasteiger partial charge in [0.15, 0.2) is 0 Å². The van der Waals surface area contributed by atoms with Crippen LogP contribution in [-0.4, -0.2) is 29.9 Å². The van der Waals surface area contributed by atoms with Crippen LogP contribution < -0.4 is 5.32 Å². The average Bonchev–Trinajstić information content (AvgIpc) is 2.52. The van der Waals surface area contributed by atoms with Gasteiger partial charge in [-0.1, -0.05) is 13.3 Å². The number of likely N-dealkylation sites (N-methyl/N-ethyl adjacent to an activating group) is 1. The highest BCUT2D eigenvalue weighted by molar-refractivity contribution is 5.81. The Bertz CT molecular complexity index is 560. The second kappa shape index (κ2) is 7.29. The minimum absolute atomic E-state index is 0.160. The molecule has 0 bridgehead atoms. The lowest BCUT2D eigenvalue weighted by Crippen LogP contribution is -2.49. The molecule has 1 aromatic carbocycles. The molecule has 0 aromatic heterocycles. The van der Waals surface area contributed by atoms with E-state index in [1.807, 2.05) is 11.8 Å². The summed E-state index contributed by atoms with van der Waals surface area (Å²) in [5.74, 6) is -1.02. The molecule has 23 heavy (non-hydrogen) atoms. The molecule has 1 N–H and O–H groups in total. The fraction of sp³-hybridized carbons (Fsp3) is 0.562. The van der Waals surface area contributed by atoms with E-state index < -0.39 is 17.6 Å². The Hall–Kier alpha value is -1.63. The van der Waals surface area contributed by atoms with E-state index in [1.54, 1.807) is 0 Å². The van der Waals surface area contributed by atoms with E-state index in [0.717, 1.165) is 38.1 Å². The SMILES string of the molecule is CCN1CCCC[C@H]1C(=O)NCc1cc(C(F)(F)F)ccc1F. The number of nitrogens with one attached hydrogen (secondary N) is 1. The Balaban J connectivity index is 2.04. The van der Waals surface area contributed by atoms with Gasteiger partial charge in [0.1, 0.15) is 5.82 Å². The lowest BCUT2D eigenvalue weighted by atomic mass is 10.0. The minimum atomic E-state index is -4.53. The van der Waals surface area contributed by atoms with Crippen LogP contribution in [0.1, 0.15) is 37.3 Å². The number of piperidine rings is 1. The molecule has 7 heteroatoms. The summed E-state index contributed by atoms with van der Waals surface area (Å²) in [6, 6.07) is 1.93. The van der Waals surface area contributed by atoms with Crippen molar-refractivity contribution in [1.82, 2.24) is 10.2 Å². The van der Waals surface area contributed by atoms with Gasteiger partial charge in [0.25, 0.3) is 0 Å². The first-order valence-electron chi connectivity index (χ1n) is 7.70. The summed E-state index contributed by atoms with van der Waals surface area (Å²) in [6.07, 6.45) is -1.86. The van der Waals surface area contributed by atoms with Crippen LogP contribution in [0, 0.1) is 5.82 Å². The van der Waals surface area contributed by atoms with Crippen LogP contribution in [0.4, 0.5) is 17.6 Å². The number of hydrogen-bond acceptors (Lipinski definition) is 2. The van der Waals surface area contributed by atoms with Crippen molar-refractivity contribution in [2.24, 2.45) is 0 Å². The van der Waals surface area contributed by atoms with Gasteiger partial charge >= 0.3 is 6.18 Å². The molecule has 1 atom stereocenters. The van der Waals surface area contributed by atoms with Crippen molar-refractivity contribution in [2.75, 3.05) is 13.1 Å². The number of nitrogens with zero attached hydrogens (tertiary/aromatic N) is 1. The normalized spacial score (nSPS) is 19.6. The Morgan fingerprint density at radius 1 is 1.35 bits per heavy atom. The Labute approximate surface area is 132 Å². The molecule has 1 aliphatic rings. The van der Waals surface area contributed by atoms with Crippen molar-refractivity contribution in [3.63, 3.8) is 0 Å². The molecule has 2 rings (SSSR count). The highest BCUT2D eigenvalue weighted by Crippen LogP contribution is 2.30. The second-order valence-electron chi connectivity index (χ2n) is 5.66. The summed E-state index contributed by atoms with van der Waals surface area (Å²) >= 11 is 0. The zero-order valence-corrected chi connectivity index (χ0v) is 12.9. The van der Waals surface area contributed by atoms with Crippen molar-refractivity contribution >= 4 is 5.91 Å². The summed E-state index contributed by atoms with van der Waals surface area (Å²) in [7, 11) is 0.